The molecule has 0 amide bonds. The third-order valence-electron chi connectivity index (χ3n) is 2.25. The first-order valence-corrected chi connectivity index (χ1v) is 4.73. The number of hydrogen-bond donors (Lipinski definition) is 2. The molecule has 86 valence electrons. The average Bonchev–Trinajstić information content (AvgIpc) is 2.78. The van der Waals surface area contributed by atoms with Gasteiger partial charge >= 0.3 is 5.97 Å². The van der Waals surface area contributed by atoms with E-state index in [1.165, 1.54) is 24.3 Å². The minimum Gasteiger partial charge on any atom is -0.507 e. The van der Waals surface area contributed by atoms with Crippen LogP contribution in [0.2, 0.25) is 0 Å². The molecule has 0 unspecified atom stereocenters. The number of furan rings is 1. The molecule has 5 nitrogen and oxygen atoms in total. The lowest BCUT2D eigenvalue weighted by Crippen LogP contribution is -1.96. The monoisotopic (exact) mass is 232 g/mol. The molecule has 0 fully saturated rings. The van der Waals surface area contributed by atoms with Crippen LogP contribution >= 0.6 is 0 Å². The predicted molar refractivity (Wildman–Crippen MR) is 58.2 cm³/mol. The first kappa shape index (κ1) is 10.9. The summed E-state index contributed by atoms with van der Waals surface area (Å²) in [5, 5.41) is 18.2. The normalized spacial score (nSPS) is 10.1. The highest BCUT2D eigenvalue weighted by Gasteiger charge is 2.12. The highest BCUT2D eigenvalue weighted by atomic mass is 16.4. The molecule has 1 heterocycles. The Morgan fingerprint density at radius 3 is 2.59 bits per heavy atom. The van der Waals surface area contributed by atoms with Crippen molar-refractivity contribution in [3.05, 3.63) is 41.7 Å². The second kappa shape index (κ2) is 4.13. The van der Waals surface area contributed by atoms with E-state index in [2.05, 4.69) is 0 Å². The van der Waals surface area contributed by atoms with Gasteiger partial charge in [-0.15, -0.1) is 0 Å². The lowest BCUT2D eigenvalue weighted by molar-refractivity contribution is 0.0693. The molecule has 2 aromatic rings. The molecule has 0 bridgehead atoms. The molecule has 0 radical (unpaired) electrons. The molecule has 0 aliphatic heterocycles. The molecule has 0 saturated heterocycles. The quantitative estimate of drug-likeness (QED) is 0.791. The van der Waals surface area contributed by atoms with Gasteiger partial charge in [0.25, 0.3) is 0 Å². The van der Waals surface area contributed by atoms with E-state index in [9.17, 15) is 14.7 Å². The zero-order valence-corrected chi connectivity index (χ0v) is 8.58. The minimum atomic E-state index is -1.23. The number of aromatic carboxylic acids is 1. The van der Waals surface area contributed by atoms with E-state index < -0.39 is 5.97 Å². The van der Waals surface area contributed by atoms with Crippen molar-refractivity contribution in [1.29, 1.82) is 0 Å². The molecular formula is C12H8O5. The van der Waals surface area contributed by atoms with Crippen LogP contribution in [0.1, 0.15) is 20.9 Å². The zero-order chi connectivity index (χ0) is 12.4. The summed E-state index contributed by atoms with van der Waals surface area (Å²) < 4.78 is 5.15. The van der Waals surface area contributed by atoms with Crippen molar-refractivity contribution in [3.8, 4) is 17.1 Å². The average molecular weight is 232 g/mol. The summed E-state index contributed by atoms with van der Waals surface area (Å²) in [4.78, 5) is 21.3. The van der Waals surface area contributed by atoms with Crippen molar-refractivity contribution in [2.75, 3.05) is 0 Å². The Hall–Kier alpha value is -2.56. The van der Waals surface area contributed by atoms with E-state index in [-0.39, 0.29) is 17.1 Å². The van der Waals surface area contributed by atoms with Gasteiger partial charge in [0, 0.05) is 5.56 Å². The number of aromatic hydroxyl groups is 1. The number of carboxylic acid groups (broad SMARTS) is 1. The van der Waals surface area contributed by atoms with Crippen molar-refractivity contribution in [1.82, 2.24) is 0 Å². The van der Waals surface area contributed by atoms with Crippen molar-refractivity contribution in [2.24, 2.45) is 0 Å². The molecule has 0 atom stereocenters. The SMILES string of the molecule is O=Cc1ccc(-c2ccc(O)c(C(=O)O)c2)o1. The van der Waals surface area contributed by atoms with Gasteiger partial charge in [-0.3, -0.25) is 4.79 Å². The van der Waals surface area contributed by atoms with Gasteiger partial charge < -0.3 is 14.6 Å². The van der Waals surface area contributed by atoms with Crippen LogP contribution in [0.4, 0.5) is 0 Å². The summed E-state index contributed by atoms with van der Waals surface area (Å²) in [6, 6.07) is 7.10. The third-order valence-corrected chi connectivity index (χ3v) is 2.25. The molecule has 1 aromatic heterocycles. The van der Waals surface area contributed by atoms with Crippen molar-refractivity contribution < 1.29 is 24.2 Å². The lowest BCUT2D eigenvalue weighted by atomic mass is 10.1. The Morgan fingerprint density at radius 1 is 1.24 bits per heavy atom. The maximum absolute atomic E-state index is 10.8. The van der Waals surface area contributed by atoms with Crippen LogP contribution in [-0.2, 0) is 0 Å². The van der Waals surface area contributed by atoms with Crippen LogP contribution in [-0.4, -0.2) is 22.5 Å². The summed E-state index contributed by atoms with van der Waals surface area (Å²) in [7, 11) is 0. The van der Waals surface area contributed by atoms with Crippen molar-refractivity contribution in [3.63, 3.8) is 0 Å². The van der Waals surface area contributed by atoms with Crippen LogP contribution in [0.3, 0.4) is 0 Å². The molecule has 2 N–H and O–H groups in total. The predicted octanol–water partition coefficient (Wildman–Crippen LogP) is 2.16. The van der Waals surface area contributed by atoms with Gasteiger partial charge in [-0.05, 0) is 30.3 Å². The zero-order valence-electron chi connectivity index (χ0n) is 8.58. The molecule has 2 rings (SSSR count). The molecule has 0 saturated carbocycles. The van der Waals surface area contributed by atoms with Gasteiger partial charge in [-0.2, -0.15) is 0 Å². The van der Waals surface area contributed by atoms with Gasteiger partial charge in [-0.25, -0.2) is 4.79 Å². The Bertz CT molecular complexity index is 582. The van der Waals surface area contributed by atoms with Crippen molar-refractivity contribution in [2.45, 2.75) is 0 Å². The summed E-state index contributed by atoms with van der Waals surface area (Å²) in [5.74, 6) is -1.02. The van der Waals surface area contributed by atoms with Crippen LogP contribution < -0.4 is 0 Å². The number of hydrogen-bond acceptors (Lipinski definition) is 4. The fraction of sp³-hybridized carbons (Fsp3) is 0. The summed E-state index contributed by atoms with van der Waals surface area (Å²) in [6.45, 7) is 0. The topological polar surface area (TPSA) is 87.7 Å². The maximum Gasteiger partial charge on any atom is 0.339 e. The number of rotatable bonds is 3. The van der Waals surface area contributed by atoms with E-state index in [1.807, 2.05) is 0 Å². The molecule has 5 heteroatoms. The largest absolute Gasteiger partial charge is 0.507 e. The standard InChI is InChI=1S/C12H8O5/c13-6-8-2-4-11(17-8)7-1-3-10(14)9(5-7)12(15)16/h1-6,14H,(H,15,16). The number of aldehydes is 1. The highest BCUT2D eigenvalue weighted by Crippen LogP contribution is 2.27. The highest BCUT2D eigenvalue weighted by molar-refractivity contribution is 5.92. The van der Waals surface area contributed by atoms with E-state index in [0.29, 0.717) is 17.6 Å². The second-order valence-corrected chi connectivity index (χ2v) is 3.36. The molecule has 0 aliphatic rings. The fourth-order valence-corrected chi connectivity index (χ4v) is 1.43. The Kier molecular flexibility index (Phi) is 2.66. The molecular weight excluding hydrogens is 224 g/mol. The van der Waals surface area contributed by atoms with Crippen LogP contribution in [0.15, 0.2) is 34.7 Å². The Morgan fingerprint density at radius 2 is 2.00 bits per heavy atom. The van der Waals surface area contributed by atoms with Gasteiger partial charge in [0.2, 0.25) is 0 Å². The Balaban J connectivity index is 2.49. The fourth-order valence-electron chi connectivity index (χ4n) is 1.43. The van der Waals surface area contributed by atoms with E-state index in [0.717, 1.165) is 0 Å². The smallest absolute Gasteiger partial charge is 0.339 e. The van der Waals surface area contributed by atoms with E-state index >= 15 is 0 Å². The van der Waals surface area contributed by atoms with Crippen LogP contribution in [0.25, 0.3) is 11.3 Å². The van der Waals surface area contributed by atoms with Crippen molar-refractivity contribution >= 4 is 12.3 Å². The summed E-state index contributed by atoms with van der Waals surface area (Å²) in [6.07, 6.45) is 0.558. The molecule has 0 aliphatic carbocycles. The van der Waals surface area contributed by atoms with Gasteiger partial charge in [0.05, 0.1) is 0 Å². The van der Waals surface area contributed by atoms with E-state index in [4.69, 9.17) is 9.52 Å². The van der Waals surface area contributed by atoms with Gasteiger partial charge in [0.1, 0.15) is 17.1 Å². The van der Waals surface area contributed by atoms with Gasteiger partial charge in [-0.1, -0.05) is 0 Å². The number of benzene rings is 1. The molecule has 0 spiro atoms. The summed E-state index contributed by atoms with van der Waals surface area (Å²) in [5.41, 5.74) is 0.264. The van der Waals surface area contributed by atoms with E-state index in [1.54, 1.807) is 6.07 Å². The first-order chi connectivity index (χ1) is 8.11. The second-order valence-electron chi connectivity index (χ2n) is 3.36. The molecule has 1 aromatic carbocycles. The number of carboxylic acids is 1. The summed E-state index contributed by atoms with van der Waals surface area (Å²) >= 11 is 0. The Labute approximate surface area is 95.9 Å². The van der Waals surface area contributed by atoms with Crippen LogP contribution in [0, 0.1) is 0 Å². The first-order valence-electron chi connectivity index (χ1n) is 4.73. The maximum atomic E-state index is 10.8. The lowest BCUT2D eigenvalue weighted by Gasteiger charge is -2.02. The third kappa shape index (κ3) is 2.03. The minimum absolute atomic E-state index is 0.157. The molecule has 17 heavy (non-hydrogen) atoms. The number of carbonyl (C=O) groups excluding carboxylic acids is 1. The number of carbonyl (C=O) groups is 2. The number of phenols is 1. The van der Waals surface area contributed by atoms with Gasteiger partial charge in [0.15, 0.2) is 12.0 Å². The van der Waals surface area contributed by atoms with Crippen LogP contribution in [0.5, 0.6) is 5.75 Å².